The van der Waals surface area contributed by atoms with Crippen molar-refractivity contribution in [1.29, 1.82) is 0 Å². The first-order valence-corrected chi connectivity index (χ1v) is 6.34. The maximum atomic E-state index is 4.50. The molecule has 6 heteroatoms. The Kier molecular flexibility index (Phi) is 2.77. The molecule has 0 aromatic carbocycles. The van der Waals surface area contributed by atoms with E-state index in [9.17, 15) is 0 Å². The van der Waals surface area contributed by atoms with Crippen molar-refractivity contribution < 1.29 is 0 Å². The summed E-state index contributed by atoms with van der Waals surface area (Å²) in [5, 5.41) is 11.8. The number of aromatic nitrogens is 4. The zero-order chi connectivity index (χ0) is 12.4. The molecule has 3 heterocycles. The minimum absolute atomic E-state index is 0.746. The van der Waals surface area contributed by atoms with E-state index in [2.05, 4.69) is 25.5 Å². The lowest BCUT2D eigenvalue weighted by atomic mass is 10.3. The molecule has 0 atom stereocenters. The van der Waals surface area contributed by atoms with Gasteiger partial charge in [0.1, 0.15) is 5.82 Å². The highest BCUT2D eigenvalue weighted by Gasteiger charge is 2.06. The van der Waals surface area contributed by atoms with E-state index >= 15 is 0 Å². The Balaban J connectivity index is 1.96. The van der Waals surface area contributed by atoms with E-state index < -0.39 is 0 Å². The monoisotopic (exact) mass is 257 g/mol. The first-order chi connectivity index (χ1) is 8.81. The zero-order valence-electron chi connectivity index (χ0n) is 9.71. The second-order valence-electron chi connectivity index (χ2n) is 3.81. The number of H-pyrrole nitrogens is 1. The maximum absolute atomic E-state index is 4.50. The van der Waals surface area contributed by atoms with E-state index in [1.165, 1.54) is 0 Å². The molecule has 0 fully saturated rings. The number of thiophene rings is 1. The highest BCUT2D eigenvalue weighted by Crippen LogP contribution is 2.23. The second kappa shape index (κ2) is 4.58. The van der Waals surface area contributed by atoms with Crippen LogP contribution < -0.4 is 5.32 Å². The van der Waals surface area contributed by atoms with Gasteiger partial charge in [-0.25, -0.2) is 9.97 Å². The van der Waals surface area contributed by atoms with Crippen LogP contribution >= 0.6 is 11.3 Å². The smallest absolute Gasteiger partial charge is 0.171 e. The topological polar surface area (TPSA) is 66.5 Å². The summed E-state index contributed by atoms with van der Waals surface area (Å²) in [6.07, 6.45) is 3.49. The van der Waals surface area contributed by atoms with Gasteiger partial charge in [-0.15, -0.1) is 11.3 Å². The molecule has 0 aliphatic rings. The standard InChI is InChI=1S/C12H11N5S/c1-8-5-11(16-9-6-13-14-7-9)17-12(15-8)10-3-2-4-18-10/h2-7H,1H3,(H,13,14)(H,15,16,17). The average Bonchev–Trinajstić information content (AvgIpc) is 3.00. The number of hydrogen-bond acceptors (Lipinski definition) is 5. The van der Waals surface area contributed by atoms with Crippen molar-refractivity contribution in [3.8, 4) is 10.7 Å². The van der Waals surface area contributed by atoms with E-state index in [1.807, 2.05) is 30.5 Å². The molecular weight excluding hydrogens is 246 g/mol. The SMILES string of the molecule is Cc1cc(Nc2cn[nH]c2)nc(-c2cccs2)n1. The van der Waals surface area contributed by atoms with Crippen LogP contribution in [0.5, 0.6) is 0 Å². The van der Waals surface area contributed by atoms with Crippen LogP contribution in [-0.4, -0.2) is 20.2 Å². The van der Waals surface area contributed by atoms with Crippen LogP contribution in [0, 0.1) is 6.92 Å². The quantitative estimate of drug-likeness (QED) is 0.757. The zero-order valence-corrected chi connectivity index (χ0v) is 10.5. The first-order valence-electron chi connectivity index (χ1n) is 5.46. The lowest BCUT2D eigenvalue weighted by Gasteiger charge is -2.05. The number of nitrogens with one attached hydrogen (secondary N) is 2. The molecule has 0 spiro atoms. The molecule has 0 aliphatic heterocycles. The van der Waals surface area contributed by atoms with E-state index in [0.717, 1.165) is 27.9 Å². The van der Waals surface area contributed by atoms with Crippen LogP contribution in [0.3, 0.4) is 0 Å². The van der Waals surface area contributed by atoms with Crippen LogP contribution in [-0.2, 0) is 0 Å². The van der Waals surface area contributed by atoms with Gasteiger partial charge in [0, 0.05) is 18.0 Å². The van der Waals surface area contributed by atoms with Crippen LogP contribution in [0.15, 0.2) is 36.0 Å². The second-order valence-corrected chi connectivity index (χ2v) is 4.76. The molecule has 3 aromatic heterocycles. The van der Waals surface area contributed by atoms with Gasteiger partial charge >= 0.3 is 0 Å². The van der Waals surface area contributed by atoms with Crippen LogP contribution in [0.25, 0.3) is 10.7 Å². The van der Waals surface area contributed by atoms with E-state index in [0.29, 0.717) is 0 Å². The molecule has 18 heavy (non-hydrogen) atoms. The Morgan fingerprint density at radius 3 is 3.00 bits per heavy atom. The molecule has 2 N–H and O–H groups in total. The molecule has 0 bridgehead atoms. The molecule has 5 nitrogen and oxygen atoms in total. The lowest BCUT2D eigenvalue weighted by Crippen LogP contribution is -1.97. The summed E-state index contributed by atoms with van der Waals surface area (Å²) >= 11 is 1.63. The number of anilines is 2. The van der Waals surface area contributed by atoms with E-state index in [1.54, 1.807) is 23.7 Å². The van der Waals surface area contributed by atoms with Gasteiger partial charge in [-0.1, -0.05) is 6.07 Å². The Morgan fingerprint density at radius 2 is 2.28 bits per heavy atom. The molecule has 0 saturated heterocycles. The predicted octanol–water partition coefficient (Wildman–Crippen LogP) is 2.98. The summed E-state index contributed by atoms with van der Waals surface area (Å²) in [6.45, 7) is 1.96. The minimum Gasteiger partial charge on any atom is -0.338 e. The predicted molar refractivity (Wildman–Crippen MR) is 72.0 cm³/mol. The molecule has 3 rings (SSSR count). The summed E-state index contributed by atoms with van der Waals surface area (Å²) in [6, 6.07) is 5.92. The van der Waals surface area contributed by atoms with E-state index in [-0.39, 0.29) is 0 Å². The number of hydrogen-bond donors (Lipinski definition) is 2. The number of aryl methyl sites for hydroxylation is 1. The third-order valence-corrected chi connectivity index (χ3v) is 3.23. The van der Waals surface area contributed by atoms with Crippen molar-refractivity contribution in [1.82, 2.24) is 20.2 Å². The van der Waals surface area contributed by atoms with Gasteiger partial charge in [0.2, 0.25) is 0 Å². The molecule has 0 saturated carbocycles. The van der Waals surface area contributed by atoms with Crippen molar-refractivity contribution in [3.63, 3.8) is 0 Å². The van der Waals surface area contributed by atoms with Crippen molar-refractivity contribution in [2.45, 2.75) is 6.92 Å². The highest BCUT2D eigenvalue weighted by atomic mass is 32.1. The lowest BCUT2D eigenvalue weighted by molar-refractivity contribution is 1.09. The largest absolute Gasteiger partial charge is 0.338 e. The third kappa shape index (κ3) is 2.23. The summed E-state index contributed by atoms with van der Waals surface area (Å²) in [7, 11) is 0. The van der Waals surface area contributed by atoms with Gasteiger partial charge in [-0.05, 0) is 18.4 Å². The number of rotatable bonds is 3. The van der Waals surface area contributed by atoms with Gasteiger partial charge in [0.25, 0.3) is 0 Å². The number of aromatic amines is 1. The van der Waals surface area contributed by atoms with Gasteiger partial charge in [0.15, 0.2) is 5.82 Å². The molecular formula is C12H11N5S. The van der Waals surface area contributed by atoms with E-state index in [4.69, 9.17) is 0 Å². The first kappa shape index (κ1) is 10.9. The van der Waals surface area contributed by atoms with Crippen LogP contribution in [0.1, 0.15) is 5.69 Å². The van der Waals surface area contributed by atoms with Crippen molar-refractivity contribution >= 4 is 22.8 Å². The van der Waals surface area contributed by atoms with Gasteiger partial charge < -0.3 is 5.32 Å². The fourth-order valence-corrected chi connectivity index (χ4v) is 2.27. The molecule has 0 unspecified atom stereocenters. The van der Waals surface area contributed by atoms with Gasteiger partial charge in [-0.3, -0.25) is 5.10 Å². The Morgan fingerprint density at radius 1 is 1.33 bits per heavy atom. The maximum Gasteiger partial charge on any atom is 0.171 e. The Labute approximate surface area is 108 Å². The summed E-state index contributed by atoms with van der Waals surface area (Å²) < 4.78 is 0. The van der Waals surface area contributed by atoms with Crippen LogP contribution in [0.4, 0.5) is 11.5 Å². The Hall–Kier alpha value is -2.21. The van der Waals surface area contributed by atoms with Crippen molar-refractivity contribution in [3.05, 3.63) is 41.7 Å². The normalized spacial score (nSPS) is 10.5. The number of nitrogens with zero attached hydrogens (tertiary/aromatic N) is 3. The van der Waals surface area contributed by atoms with Crippen LogP contribution in [0.2, 0.25) is 0 Å². The fourth-order valence-electron chi connectivity index (χ4n) is 1.62. The van der Waals surface area contributed by atoms with Gasteiger partial charge in [-0.2, -0.15) is 5.10 Å². The Bertz CT molecular complexity index is 631. The summed E-state index contributed by atoms with van der Waals surface area (Å²) in [4.78, 5) is 10.0. The van der Waals surface area contributed by atoms with Gasteiger partial charge in [0.05, 0.1) is 16.8 Å². The average molecular weight is 257 g/mol. The summed E-state index contributed by atoms with van der Waals surface area (Å²) in [5.41, 5.74) is 1.81. The molecule has 0 aliphatic carbocycles. The molecule has 0 amide bonds. The minimum atomic E-state index is 0.746. The third-order valence-electron chi connectivity index (χ3n) is 2.37. The fraction of sp³-hybridized carbons (Fsp3) is 0.0833. The van der Waals surface area contributed by atoms with Crippen molar-refractivity contribution in [2.24, 2.45) is 0 Å². The highest BCUT2D eigenvalue weighted by molar-refractivity contribution is 7.13. The summed E-state index contributed by atoms with van der Waals surface area (Å²) in [5.74, 6) is 1.52. The molecule has 90 valence electrons. The van der Waals surface area contributed by atoms with Crippen molar-refractivity contribution in [2.75, 3.05) is 5.32 Å². The molecule has 0 radical (unpaired) electrons. The molecule has 3 aromatic rings.